The standard InChI is InChI=1S/C15H22N2O3/c1-11-13(15(19)20-2)7-8-14(16-11)17(12-5-6-12)9-3-4-10-18/h7-8,12,18H,3-6,9-10H2,1-2H3. The minimum absolute atomic E-state index is 0.228. The first kappa shape index (κ1) is 14.8. The highest BCUT2D eigenvalue weighted by Gasteiger charge is 2.30. The number of aryl methyl sites for hydroxylation is 1. The summed E-state index contributed by atoms with van der Waals surface area (Å²) >= 11 is 0. The molecule has 5 nitrogen and oxygen atoms in total. The van der Waals surface area contributed by atoms with E-state index in [1.807, 2.05) is 13.0 Å². The van der Waals surface area contributed by atoms with Crippen LogP contribution in [0.1, 0.15) is 41.7 Å². The van der Waals surface area contributed by atoms with Crippen molar-refractivity contribution in [3.8, 4) is 0 Å². The Balaban J connectivity index is 2.13. The monoisotopic (exact) mass is 278 g/mol. The van der Waals surface area contributed by atoms with E-state index in [0.717, 1.165) is 25.2 Å². The normalized spacial score (nSPS) is 14.2. The van der Waals surface area contributed by atoms with E-state index >= 15 is 0 Å². The van der Waals surface area contributed by atoms with Crippen molar-refractivity contribution < 1.29 is 14.6 Å². The number of pyridine rings is 1. The number of esters is 1. The number of rotatable bonds is 7. The van der Waals surface area contributed by atoms with E-state index in [1.54, 1.807) is 6.07 Å². The second kappa shape index (κ2) is 6.70. The van der Waals surface area contributed by atoms with Crippen LogP contribution < -0.4 is 4.90 Å². The topological polar surface area (TPSA) is 62.7 Å². The highest BCUT2D eigenvalue weighted by molar-refractivity contribution is 5.90. The van der Waals surface area contributed by atoms with Crippen molar-refractivity contribution in [1.29, 1.82) is 0 Å². The van der Waals surface area contributed by atoms with E-state index in [1.165, 1.54) is 20.0 Å². The Morgan fingerprint density at radius 1 is 1.45 bits per heavy atom. The summed E-state index contributed by atoms with van der Waals surface area (Å²) < 4.78 is 4.74. The van der Waals surface area contributed by atoms with E-state index in [2.05, 4.69) is 9.88 Å². The maximum atomic E-state index is 11.6. The fraction of sp³-hybridized carbons (Fsp3) is 0.600. The van der Waals surface area contributed by atoms with Crippen LogP contribution in [0.25, 0.3) is 0 Å². The lowest BCUT2D eigenvalue weighted by molar-refractivity contribution is 0.0599. The van der Waals surface area contributed by atoms with E-state index in [-0.39, 0.29) is 12.6 Å². The van der Waals surface area contributed by atoms with Crippen molar-refractivity contribution in [3.63, 3.8) is 0 Å². The maximum Gasteiger partial charge on any atom is 0.339 e. The van der Waals surface area contributed by atoms with Gasteiger partial charge in [-0.3, -0.25) is 0 Å². The van der Waals surface area contributed by atoms with Crippen molar-refractivity contribution >= 4 is 11.8 Å². The van der Waals surface area contributed by atoms with Gasteiger partial charge in [-0.05, 0) is 44.7 Å². The molecule has 0 amide bonds. The minimum Gasteiger partial charge on any atom is -0.465 e. The third kappa shape index (κ3) is 3.48. The Kier molecular flexibility index (Phi) is 4.95. The summed E-state index contributed by atoms with van der Waals surface area (Å²) in [6, 6.07) is 4.23. The van der Waals surface area contributed by atoms with Crippen LogP contribution in [0.3, 0.4) is 0 Å². The summed E-state index contributed by atoms with van der Waals surface area (Å²) in [5.41, 5.74) is 1.21. The van der Waals surface area contributed by atoms with Gasteiger partial charge in [-0.25, -0.2) is 9.78 Å². The predicted octanol–water partition coefficient (Wildman–Crippen LogP) is 1.92. The van der Waals surface area contributed by atoms with Gasteiger partial charge in [0.25, 0.3) is 0 Å². The van der Waals surface area contributed by atoms with E-state index in [0.29, 0.717) is 17.3 Å². The third-order valence-corrected chi connectivity index (χ3v) is 3.57. The van der Waals surface area contributed by atoms with Crippen molar-refractivity contribution in [2.75, 3.05) is 25.2 Å². The van der Waals surface area contributed by atoms with Gasteiger partial charge in [0.15, 0.2) is 0 Å². The number of carbonyl (C=O) groups is 1. The molecule has 1 N–H and O–H groups in total. The zero-order valence-corrected chi connectivity index (χ0v) is 12.1. The molecule has 0 aliphatic heterocycles. The second-order valence-electron chi connectivity index (χ2n) is 5.15. The number of carbonyl (C=O) groups excluding carboxylic acids is 1. The van der Waals surface area contributed by atoms with Crippen LogP contribution in [0.5, 0.6) is 0 Å². The van der Waals surface area contributed by atoms with Crippen LogP contribution in [0.2, 0.25) is 0 Å². The van der Waals surface area contributed by atoms with Gasteiger partial charge in [-0.1, -0.05) is 0 Å². The van der Waals surface area contributed by atoms with Crippen LogP contribution in [0, 0.1) is 6.92 Å². The minimum atomic E-state index is -0.347. The largest absolute Gasteiger partial charge is 0.465 e. The van der Waals surface area contributed by atoms with Gasteiger partial charge in [0.05, 0.1) is 18.4 Å². The molecule has 1 heterocycles. The molecule has 0 unspecified atom stereocenters. The summed E-state index contributed by atoms with van der Waals surface area (Å²) in [7, 11) is 1.38. The Morgan fingerprint density at radius 3 is 2.75 bits per heavy atom. The Hall–Kier alpha value is -1.62. The fourth-order valence-corrected chi connectivity index (χ4v) is 2.30. The first-order chi connectivity index (χ1) is 9.67. The van der Waals surface area contributed by atoms with Gasteiger partial charge < -0.3 is 14.7 Å². The molecule has 0 saturated heterocycles. The average Bonchev–Trinajstić information content (AvgIpc) is 3.27. The van der Waals surface area contributed by atoms with Crippen molar-refractivity contribution in [3.05, 3.63) is 23.4 Å². The van der Waals surface area contributed by atoms with E-state index in [9.17, 15) is 4.79 Å². The van der Waals surface area contributed by atoms with Gasteiger partial charge >= 0.3 is 5.97 Å². The molecule has 0 radical (unpaired) electrons. The first-order valence-electron chi connectivity index (χ1n) is 7.11. The van der Waals surface area contributed by atoms with Crippen LogP contribution in [0.15, 0.2) is 12.1 Å². The van der Waals surface area contributed by atoms with E-state index < -0.39 is 0 Å². The number of methoxy groups -OCH3 is 1. The fourth-order valence-electron chi connectivity index (χ4n) is 2.30. The van der Waals surface area contributed by atoms with Crippen molar-refractivity contribution in [2.24, 2.45) is 0 Å². The molecule has 1 aliphatic rings. The Labute approximate surface area is 119 Å². The van der Waals surface area contributed by atoms with Crippen molar-refractivity contribution in [1.82, 2.24) is 4.98 Å². The van der Waals surface area contributed by atoms with E-state index in [4.69, 9.17) is 9.84 Å². The summed E-state index contributed by atoms with van der Waals surface area (Å²) in [4.78, 5) is 18.4. The molecule has 0 aromatic carbocycles. The van der Waals surface area contributed by atoms with Crippen LogP contribution in [-0.2, 0) is 4.74 Å². The SMILES string of the molecule is COC(=O)c1ccc(N(CCCCO)C2CC2)nc1C. The number of unbranched alkanes of at least 4 members (excludes halogenated alkanes) is 1. The molecular formula is C15H22N2O3. The maximum absolute atomic E-state index is 11.6. The number of hydrogen-bond acceptors (Lipinski definition) is 5. The van der Waals surface area contributed by atoms with Gasteiger partial charge in [0, 0.05) is 19.2 Å². The summed E-state index contributed by atoms with van der Waals surface area (Å²) in [5.74, 6) is 0.565. The molecule has 5 heteroatoms. The van der Waals surface area contributed by atoms with Crippen LogP contribution >= 0.6 is 0 Å². The van der Waals surface area contributed by atoms with Crippen LogP contribution in [0.4, 0.5) is 5.82 Å². The molecule has 1 aromatic rings. The quantitative estimate of drug-likeness (QED) is 0.610. The molecule has 0 spiro atoms. The molecule has 0 bridgehead atoms. The number of ether oxygens (including phenoxy) is 1. The zero-order valence-electron chi connectivity index (χ0n) is 12.1. The lowest BCUT2D eigenvalue weighted by Gasteiger charge is -2.24. The lowest BCUT2D eigenvalue weighted by Crippen LogP contribution is -2.28. The Bertz CT molecular complexity index is 472. The summed E-state index contributed by atoms with van der Waals surface area (Å²) in [6.07, 6.45) is 4.14. The molecule has 20 heavy (non-hydrogen) atoms. The third-order valence-electron chi connectivity index (χ3n) is 3.57. The molecule has 2 rings (SSSR count). The summed E-state index contributed by atoms with van der Waals surface area (Å²) in [5, 5.41) is 8.89. The van der Waals surface area contributed by atoms with Gasteiger partial charge in [0.2, 0.25) is 0 Å². The molecule has 0 atom stereocenters. The highest BCUT2D eigenvalue weighted by atomic mass is 16.5. The molecule has 110 valence electrons. The number of nitrogens with zero attached hydrogens (tertiary/aromatic N) is 2. The van der Waals surface area contributed by atoms with Crippen LogP contribution in [-0.4, -0.2) is 42.4 Å². The number of aliphatic hydroxyl groups is 1. The Morgan fingerprint density at radius 2 is 2.20 bits per heavy atom. The lowest BCUT2D eigenvalue weighted by atomic mass is 10.2. The average molecular weight is 278 g/mol. The highest BCUT2D eigenvalue weighted by Crippen LogP contribution is 2.31. The second-order valence-corrected chi connectivity index (χ2v) is 5.15. The summed E-state index contributed by atoms with van der Waals surface area (Å²) in [6.45, 7) is 2.95. The molecule has 1 aromatic heterocycles. The molecule has 1 aliphatic carbocycles. The smallest absolute Gasteiger partial charge is 0.339 e. The molecular weight excluding hydrogens is 256 g/mol. The van der Waals surface area contributed by atoms with Crippen molar-refractivity contribution in [2.45, 2.75) is 38.6 Å². The molecule has 1 saturated carbocycles. The number of aliphatic hydroxyl groups excluding tert-OH is 1. The molecule has 1 fully saturated rings. The zero-order chi connectivity index (χ0) is 14.5. The van der Waals surface area contributed by atoms with Gasteiger partial charge in [-0.2, -0.15) is 0 Å². The predicted molar refractivity (Wildman–Crippen MR) is 77.0 cm³/mol. The number of aromatic nitrogens is 1. The first-order valence-corrected chi connectivity index (χ1v) is 7.11. The van der Waals surface area contributed by atoms with Gasteiger partial charge in [-0.15, -0.1) is 0 Å². The number of hydrogen-bond donors (Lipinski definition) is 1. The number of anilines is 1. The van der Waals surface area contributed by atoms with Gasteiger partial charge in [0.1, 0.15) is 5.82 Å².